The van der Waals surface area contributed by atoms with Crippen molar-refractivity contribution in [2.24, 2.45) is 0 Å². The Kier molecular flexibility index (Phi) is 3.38. The van der Waals surface area contributed by atoms with Gasteiger partial charge in [0.25, 0.3) is 5.91 Å². The molecular formula is C10H12N2O3. The van der Waals surface area contributed by atoms with E-state index in [4.69, 9.17) is 5.11 Å². The number of carboxylic acid groups (broad SMARTS) is 1. The molecule has 1 aromatic heterocycles. The molecule has 1 N–H and O–H groups in total. The predicted molar refractivity (Wildman–Crippen MR) is 53.8 cm³/mol. The molecular weight excluding hydrogens is 196 g/mol. The Balaban J connectivity index is 3.00. The fraction of sp³-hybridized carbons (Fsp3) is 0.300. The van der Waals surface area contributed by atoms with Gasteiger partial charge >= 0.3 is 5.97 Å². The maximum Gasteiger partial charge on any atom is 0.337 e. The number of aromatic carboxylic acids is 1. The zero-order valence-electron chi connectivity index (χ0n) is 8.60. The van der Waals surface area contributed by atoms with Crippen molar-refractivity contribution in [1.29, 1.82) is 0 Å². The van der Waals surface area contributed by atoms with Crippen LogP contribution >= 0.6 is 0 Å². The van der Waals surface area contributed by atoms with Crippen molar-refractivity contribution in [3.8, 4) is 0 Å². The first-order valence-corrected chi connectivity index (χ1v) is 4.50. The molecule has 0 aromatic carbocycles. The van der Waals surface area contributed by atoms with Crippen LogP contribution in [0.3, 0.4) is 0 Å². The van der Waals surface area contributed by atoms with Gasteiger partial charge < -0.3 is 10.0 Å². The van der Waals surface area contributed by atoms with Gasteiger partial charge in [-0.3, -0.25) is 9.78 Å². The molecule has 0 aliphatic carbocycles. The number of rotatable bonds is 3. The summed E-state index contributed by atoms with van der Waals surface area (Å²) in [5, 5.41) is 8.72. The number of hydrogen-bond donors (Lipinski definition) is 1. The molecule has 0 radical (unpaired) electrons. The Labute approximate surface area is 87.4 Å². The summed E-state index contributed by atoms with van der Waals surface area (Å²) >= 11 is 0. The Morgan fingerprint density at radius 3 is 2.53 bits per heavy atom. The van der Waals surface area contributed by atoms with Crippen LogP contribution < -0.4 is 0 Å². The molecule has 0 aliphatic heterocycles. The van der Waals surface area contributed by atoms with Crippen LogP contribution in [0.25, 0.3) is 0 Å². The molecule has 0 fully saturated rings. The topological polar surface area (TPSA) is 70.5 Å². The number of hydrogen-bond acceptors (Lipinski definition) is 3. The molecule has 0 saturated heterocycles. The summed E-state index contributed by atoms with van der Waals surface area (Å²) in [7, 11) is 1.65. The molecule has 0 unspecified atom stereocenters. The van der Waals surface area contributed by atoms with Crippen molar-refractivity contribution in [3.05, 3.63) is 29.6 Å². The number of carbonyl (C=O) groups is 2. The van der Waals surface area contributed by atoms with Crippen LogP contribution in [0, 0.1) is 0 Å². The van der Waals surface area contributed by atoms with Gasteiger partial charge in [0.15, 0.2) is 0 Å². The standard InChI is InChI=1S/C10H12N2O3/c1-3-12(2)9(13)7-4-8(10(14)15)6-11-5-7/h4-6H,3H2,1-2H3,(H,14,15). The summed E-state index contributed by atoms with van der Waals surface area (Å²) in [4.78, 5) is 27.5. The van der Waals surface area contributed by atoms with Gasteiger partial charge in [-0.15, -0.1) is 0 Å². The third kappa shape index (κ3) is 2.52. The number of amides is 1. The molecule has 1 rings (SSSR count). The average molecular weight is 208 g/mol. The third-order valence-electron chi connectivity index (χ3n) is 2.05. The van der Waals surface area contributed by atoms with Crippen molar-refractivity contribution >= 4 is 11.9 Å². The highest BCUT2D eigenvalue weighted by molar-refractivity contribution is 5.96. The minimum absolute atomic E-state index is 0.0188. The van der Waals surface area contributed by atoms with Crippen LogP contribution in [-0.4, -0.2) is 40.5 Å². The average Bonchev–Trinajstić information content (AvgIpc) is 2.27. The summed E-state index contributed by atoms with van der Waals surface area (Å²) in [6.45, 7) is 2.41. The van der Waals surface area contributed by atoms with E-state index in [1.165, 1.54) is 23.4 Å². The zero-order chi connectivity index (χ0) is 11.4. The molecule has 5 nitrogen and oxygen atoms in total. The molecule has 0 saturated carbocycles. The molecule has 0 atom stereocenters. The van der Waals surface area contributed by atoms with Crippen LogP contribution in [0.5, 0.6) is 0 Å². The van der Waals surface area contributed by atoms with E-state index in [2.05, 4.69) is 4.98 Å². The van der Waals surface area contributed by atoms with Gasteiger partial charge in [0.2, 0.25) is 0 Å². The van der Waals surface area contributed by atoms with Crippen molar-refractivity contribution in [2.75, 3.05) is 13.6 Å². The van der Waals surface area contributed by atoms with Gasteiger partial charge in [0, 0.05) is 26.0 Å². The summed E-state index contributed by atoms with van der Waals surface area (Å²) in [5.41, 5.74) is 0.310. The van der Waals surface area contributed by atoms with Crippen LogP contribution in [0.2, 0.25) is 0 Å². The Hall–Kier alpha value is -1.91. The second-order valence-electron chi connectivity index (χ2n) is 3.09. The van der Waals surface area contributed by atoms with E-state index >= 15 is 0 Å². The first-order chi connectivity index (χ1) is 7.06. The number of carbonyl (C=O) groups excluding carboxylic acids is 1. The first kappa shape index (κ1) is 11.2. The molecule has 5 heteroatoms. The third-order valence-corrected chi connectivity index (χ3v) is 2.05. The van der Waals surface area contributed by atoms with Crippen LogP contribution in [0.4, 0.5) is 0 Å². The molecule has 0 bridgehead atoms. The molecule has 1 aromatic rings. The Morgan fingerprint density at radius 1 is 1.40 bits per heavy atom. The highest BCUT2D eigenvalue weighted by atomic mass is 16.4. The number of carboxylic acids is 1. The number of aromatic nitrogens is 1. The summed E-state index contributed by atoms with van der Waals surface area (Å²) in [6, 6.07) is 1.32. The van der Waals surface area contributed by atoms with E-state index in [0.717, 1.165) is 0 Å². The number of pyridine rings is 1. The van der Waals surface area contributed by atoms with Gasteiger partial charge in [-0.25, -0.2) is 4.79 Å². The van der Waals surface area contributed by atoms with Gasteiger partial charge in [0.05, 0.1) is 11.1 Å². The lowest BCUT2D eigenvalue weighted by atomic mass is 10.2. The lowest BCUT2D eigenvalue weighted by Gasteiger charge is -2.13. The highest BCUT2D eigenvalue weighted by Gasteiger charge is 2.12. The van der Waals surface area contributed by atoms with Crippen molar-refractivity contribution < 1.29 is 14.7 Å². The van der Waals surface area contributed by atoms with E-state index in [1.807, 2.05) is 6.92 Å². The monoisotopic (exact) mass is 208 g/mol. The molecule has 1 amide bonds. The highest BCUT2D eigenvalue weighted by Crippen LogP contribution is 2.05. The summed E-state index contributed by atoms with van der Waals surface area (Å²) in [5.74, 6) is -1.32. The number of nitrogens with zero attached hydrogens (tertiary/aromatic N) is 2. The minimum atomic E-state index is -1.09. The summed E-state index contributed by atoms with van der Waals surface area (Å²) < 4.78 is 0. The van der Waals surface area contributed by atoms with E-state index in [0.29, 0.717) is 12.1 Å². The maximum atomic E-state index is 11.6. The van der Waals surface area contributed by atoms with Gasteiger partial charge in [-0.05, 0) is 13.0 Å². The van der Waals surface area contributed by atoms with Gasteiger partial charge in [-0.1, -0.05) is 0 Å². The zero-order valence-corrected chi connectivity index (χ0v) is 8.60. The molecule has 80 valence electrons. The van der Waals surface area contributed by atoms with Crippen molar-refractivity contribution in [1.82, 2.24) is 9.88 Å². The molecule has 1 heterocycles. The Morgan fingerprint density at radius 2 is 2.00 bits per heavy atom. The minimum Gasteiger partial charge on any atom is -0.478 e. The van der Waals surface area contributed by atoms with Crippen LogP contribution in [0.15, 0.2) is 18.5 Å². The summed E-state index contributed by atoms with van der Waals surface area (Å²) in [6.07, 6.45) is 2.58. The smallest absolute Gasteiger partial charge is 0.337 e. The fourth-order valence-corrected chi connectivity index (χ4v) is 1.04. The SMILES string of the molecule is CCN(C)C(=O)c1cncc(C(=O)O)c1. The molecule has 0 spiro atoms. The second kappa shape index (κ2) is 4.54. The molecule has 0 aliphatic rings. The van der Waals surface area contributed by atoms with Crippen molar-refractivity contribution in [3.63, 3.8) is 0 Å². The van der Waals surface area contributed by atoms with Crippen molar-refractivity contribution in [2.45, 2.75) is 6.92 Å². The van der Waals surface area contributed by atoms with E-state index < -0.39 is 5.97 Å². The second-order valence-corrected chi connectivity index (χ2v) is 3.09. The van der Waals surface area contributed by atoms with Gasteiger partial charge in [-0.2, -0.15) is 0 Å². The predicted octanol–water partition coefficient (Wildman–Crippen LogP) is 0.872. The normalized spacial score (nSPS) is 9.73. The maximum absolute atomic E-state index is 11.6. The first-order valence-electron chi connectivity index (χ1n) is 4.50. The molecule has 15 heavy (non-hydrogen) atoms. The van der Waals surface area contributed by atoms with E-state index in [-0.39, 0.29) is 11.5 Å². The van der Waals surface area contributed by atoms with E-state index in [9.17, 15) is 9.59 Å². The Bertz CT molecular complexity index is 390. The largest absolute Gasteiger partial charge is 0.478 e. The lowest BCUT2D eigenvalue weighted by Crippen LogP contribution is -2.26. The van der Waals surface area contributed by atoms with Crippen LogP contribution in [-0.2, 0) is 0 Å². The quantitative estimate of drug-likeness (QED) is 0.800. The fourth-order valence-electron chi connectivity index (χ4n) is 1.04. The lowest BCUT2D eigenvalue weighted by molar-refractivity contribution is 0.0696. The van der Waals surface area contributed by atoms with E-state index in [1.54, 1.807) is 7.05 Å². The van der Waals surface area contributed by atoms with Gasteiger partial charge in [0.1, 0.15) is 0 Å². The van der Waals surface area contributed by atoms with Crippen LogP contribution in [0.1, 0.15) is 27.6 Å².